The summed E-state index contributed by atoms with van der Waals surface area (Å²) < 4.78 is 7.56. The van der Waals surface area contributed by atoms with E-state index in [0.29, 0.717) is 0 Å². The molecule has 0 aliphatic carbocycles. The second-order valence-electron chi connectivity index (χ2n) is 4.10. The fourth-order valence-corrected chi connectivity index (χ4v) is 1.67. The first-order chi connectivity index (χ1) is 7.38. The van der Waals surface area contributed by atoms with Crippen LogP contribution < -0.4 is 10.1 Å². The molecule has 2 heterocycles. The molecule has 1 fully saturated rings. The number of ether oxygens (including phenoxy) is 1. The van der Waals surface area contributed by atoms with Gasteiger partial charge in [0.25, 0.3) is 0 Å². The Morgan fingerprint density at radius 3 is 3.13 bits per heavy atom. The van der Waals surface area contributed by atoms with E-state index in [9.17, 15) is 0 Å². The van der Waals surface area contributed by atoms with E-state index in [1.807, 2.05) is 10.9 Å². The molecule has 1 aliphatic heterocycles. The maximum Gasteiger partial charge on any atom is 0.157 e. The Bertz CT molecular complexity index is 294. The molecule has 1 aromatic rings. The maximum atomic E-state index is 5.63. The summed E-state index contributed by atoms with van der Waals surface area (Å²) in [7, 11) is 0. The summed E-state index contributed by atoms with van der Waals surface area (Å²) in [5, 5.41) is 7.48. The minimum atomic E-state index is 0.810. The number of aromatic nitrogens is 2. The van der Waals surface area contributed by atoms with Crippen LogP contribution in [0.3, 0.4) is 0 Å². The average Bonchev–Trinajstić information content (AvgIpc) is 2.58. The van der Waals surface area contributed by atoms with E-state index < -0.39 is 0 Å². The van der Waals surface area contributed by atoms with E-state index in [1.165, 1.54) is 0 Å². The summed E-state index contributed by atoms with van der Waals surface area (Å²) in [5.74, 6) is 1.71. The van der Waals surface area contributed by atoms with Crippen LogP contribution in [0.5, 0.6) is 5.75 Å². The van der Waals surface area contributed by atoms with Gasteiger partial charge in [0, 0.05) is 6.54 Å². The zero-order chi connectivity index (χ0) is 10.5. The molecule has 1 saturated heterocycles. The van der Waals surface area contributed by atoms with Crippen LogP contribution in [-0.2, 0) is 6.54 Å². The first-order valence-corrected chi connectivity index (χ1v) is 5.74. The monoisotopic (exact) mass is 209 g/mol. The van der Waals surface area contributed by atoms with Gasteiger partial charge in [-0.05, 0) is 31.8 Å². The van der Waals surface area contributed by atoms with Crippen molar-refractivity contribution in [2.45, 2.75) is 26.3 Å². The molecule has 1 aromatic heterocycles. The highest BCUT2D eigenvalue weighted by Crippen LogP contribution is 2.12. The van der Waals surface area contributed by atoms with E-state index in [2.05, 4.69) is 17.3 Å². The van der Waals surface area contributed by atoms with Crippen LogP contribution in [0.4, 0.5) is 0 Å². The highest BCUT2D eigenvalue weighted by atomic mass is 16.5. The SMILES string of the molecule is CCCn1cc(OCCC2CNC2)cn1. The second-order valence-corrected chi connectivity index (χ2v) is 4.10. The van der Waals surface area contributed by atoms with Gasteiger partial charge in [0.1, 0.15) is 0 Å². The van der Waals surface area contributed by atoms with Gasteiger partial charge in [-0.25, -0.2) is 0 Å². The highest BCUT2D eigenvalue weighted by molar-refractivity contribution is 5.11. The third-order valence-electron chi connectivity index (χ3n) is 2.72. The summed E-state index contributed by atoms with van der Waals surface area (Å²) in [6.45, 7) is 6.22. The summed E-state index contributed by atoms with van der Waals surface area (Å²) >= 11 is 0. The molecular formula is C11H19N3O. The lowest BCUT2D eigenvalue weighted by molar-refractivity contribution is 0.238. The fourth-order valence-electron chi connectivity index (χ4n) is 1.67. The van der Waals surface area contributed by atoms with E-state index in [0.717, 1.165) is 50.8 Å². The summed E-state index contributed by atoms with van der Waals surface area (Å²) in [5.41, 5.74) is 0. The third kappa shape index (κ3) is 2.96. The van der Waals surface area contributed by atoms with Crippen LogP contribution in [0.1, 0.15) is 19.8 Å². The lowest BCUT2D eigenvalue weighted by Gasteiger charge is -2.26. The van der Waals surface area contributed by atoms with Crippen LogP contribution in [-0.4, -0.2) is 29.5 Å². The molecule has 0 saturated carbocycles. The maximum absolute atomic E-state index is 5.63. The van der Waals surface area contributed by atoms with Crippen molar-refractivity contribution < 1.29 is 4.74 Å². The second kappa shape index (κ2) is 5.16. The Labute approximate surface area is 90.6 Å². The Morgan fingerprint density at radius 1 is 1.60 bits per heavy atom. The van der Waals surface area contributed by atoms with Gasteiger partial charge >= 0.3 is 0 Å². The quantitative estimate of drug-likeness (QED) is 0.767. The molecular weight excluding hydrogens is 190 g/mol. The average molecular weight is 209 g/mol. The third-order valence-corrected chi connectivity index (χ3v) is 2.72. The Balaban J connectivity index is 1.67. The first-order valence-electron chi connectivity index (χ1n) is 5.74. The van der Waals surface area contributed by atoms with Crippen molar-refractivity contribution in [1.82, 2.24) is 15.1 Å². The number of hydrogen-bond acceptors (Lipinski definition) is 3. The number of nitrogens with one attached hydrogen (secondary N) is 1. The predicted molar refractivity (Wildman–Crippen MR) is 59.0 cm³/mol. The fraction of sp³-hybridized carbons (Fsp3) is 0.727. The summed E-state index contributed by atoms with van der Waals surface area (Å²) in [4.78, 5) is 0. The van der Waals surface area contributed by atoms with E-state index >= 15 is 0 Å². The van der Waals surface area contributed by atoms with Gasteiger partial charge in [-0.3, -0.25) is 4.68 Å². The molecule has 4 heteroatoms. The van der Waals surface area contributed by atoms with Crippen molar-refractivity contribution in [3.8, 4) is 5.75 Å². The minimum Gasteiger partial charge on any atom is -0.490 e. The topological polar surface area (TPSA) is 39.1 Å². The Hall–Kier alpha value is -1.03. The number of nitrogens with zero attached hydrogens (tertiary/aromatic N) is 2. The molecule has 1 N–H and O–H groups in total. The van der Waals surface area contributed by atoms with Gasteiger partial charge in [-0.1, -0.05) is 6.92 Å². The predicted octanol–water partition coefficient (Wildman–Crippen LogP) is 1.28. The number of hydrogen-bond donors (Lipinski definition) is 1. The van der Waals surface area contributed by atoms with Crippen molar-refractivity contribution in [3.05, 3.63) is 12.4 Å². The van der Waals surface area contributed by atoms with E-state index in [4.69, 9.17) is 4.74 Å². The molecule has 0 radical (unpaired) electrons. The molecule has 2 rings (SSSR count). The molecule has 84 valence electrons. The molecule has 0 unspecified atom stereocenters. The lowest BCUT2D eigenvalue weighted by Crippen LogP contribution is -2.42. The molecule has 0 bridgehead atoms. The van der Waals surface area contributed by atoms with Crippen LogP contribution >= 0.6 is 0 Å². The van der Waals surface area contributed by atoms with E-state index in [1.54, 1.807) is 6.20 Å². The largest absolute Gasteiger partial charge is 0.490 e. The van der Waals surface area contributed by atoms with E-state index in [-0.39, 0.29) is 0 Å². The van der Waals surface area contributed by atoms with Gasteiger partial charge in [-0.2, -0.15) is 5.10 Å². The Kier molecular flexibility index (Phi) is 3.61. The van der Waals surface area contributed by atoms with Crippen molar-refractivity contribution in [2.75, 3.05) is 19.7 Å². The number of rotatable bonds is 6. The standard InChI is InChI=1S/C11H19N3O/c1-2-4-14-9-11(8-13-14)15-5-3-10-6-12-7-10/h8-10,12H,2-7H2,1H3. The lowest BCUT2D eigenvalue weighted by atomic mass is 10.0. The molecule has 0 aromatic carbocycles. The smallest absolute Gasteiger partial charge is 0.157 e. The number of aryl methyl sites for hydroxylation is 1. The van der Waals surface area contributed by atoms with Gasteiger partial charge < -0.3 is 10.1 Å². The van der Waals surface area contributed by atoms with Crippen LogP contribution in [0.15, 0.2) is 12.4 Å². The molecule has 0 atom stereocenters. The van der Waals surface area contributed by atoms with Gasteiger partial charge in [0.2, 0.25) is 0 Å². The summed E-state index contributed by atoms with van der Waals surface area (Å²) in [6, 6.07) is 0. The van der Waals surface area contributed by atoms with Gasteiger partial charge in [0.15, 0.2) is 5.75 Å². The molecule has 0 amide bonds. The van der Waals surface area contributed by atoms with Crippen molar-refractivity contribution in [3.63, 3.8) is 0 Å². The molecule has 4 nitrogen and oxygen atoms in total. The molecule has 15 heavy (non-hydrogen) atoms. The van der Waals surface area contributed by atoms with Crippen LogP contribution in [0, 0.1) is 5.92 Å². The summed E-state index contributed by atoms with van der Waals surface area (Å²) in [6.07, 6.45) is 6.03. The highest BCUT2D eigenvalue weighted by Gasteiger charge is 2.16. The van der Waals surface area contributed by atoms with Gasteiger partial charge in [-0.15, -0.1) is 0 Å². The van der Waals surface area contributed by atoms with Gasteiger partial charge in [0.05, 0.1) is 19.0 Å². The normalized spacial score (nSPS) is 16.3. The Morgan fingerprint density at radius 2 is 2.47 bits per heavy atom. The zero-order valence-corrected chi connectivity index (χ0v) is 9.28. The van der Waals surface area contributed by atoms with Crippen LogP contribution in [0.2, 0.25) is 0 Å². The van der Waals surface area contributed by atoms with Crippen molar-refractivity contribution >= 4 is 0 Å². The minimum absolute atomic E-state index is 0.810. The molecule has 0 spiro atoms. The van der Waals surface area contributed by atoms with Crippen molar-refractivity contribution in [2.24, 2.45) is 5.92 Å². The molecule has 1 aliphatic rings. The first kappa shape index (κ1) is 10.5. The zero-order valence-electron chi connectivity index (χ0n) is 9.28. The van der Waals surface area contributed by atoms with Crippen LogP contribution in [0.25, 0.3) is 0 Å². The van der Waals surface area contributed by atoms with Crippen molar-refractivity contribution in [1.29, 1.82) is 0 Å².